The quantitative estimate of drug-likeness (QED) is 0.175. The van der Waals surface area contributed by atoms with Gasteiger partial charge >= 0.3 is 0 Å². The second kappa shape index (κ2) is 37.0. The van der Waals surface area contributed by atoms with Crippen LogP contribution in [-0.2, 0) is 64.0 Å². The van der Waals surface area contributed by atoms with E-state index >= 15 is 0 Å². The van der Waals surface area contributed by atoms with Gasteiger partial charge in [0.1, 0.15) is 54.4 Å². The van der Waals surface area contributed by atoms with Crippen molar-refractivity contribution in [1.82, 2.24) is 60.9 Å². The van der Waals surface area contributed by atoms with Gasteiger partial charge in [0.25, 0.3) is 0 Å². The molecule has 14 atom stereocenters. The molecule has 25 heteroatoms. The Morgan fingerprint density at radius 1 is 0.489 bits per heavy atom. The Balaban J connectivity index is 2.80. The standard InChI is InChI=1S/C67H114N12O13/c1-24-41(10)54-59(84)70-44(13)63(88)75(19)46(15)64(89)76(20)51(31-38(4)5)53(81)35-68-34-49(30-37(2)3)65(90)79(23)56(47(16)80)60(85)71-50(33-48-28-26-25-27-29-48)66(91)74(18)45(14)57(82)69-43(12)62(87)73(17)36-42(11)61(86)78(22)55(40(8)9)67(92)77(21)52(32-39(6)7)58(83)72-54/h25-29,37-47,49-52,54-56,68,80H,24,30-36H2,1-23H3,(H,69,82)(H,70,84)(H,71,85)(H,72,83)/t41-,42+,43-,44-,45-,46-,47+,49+,50-,51-,52-,54-,55-,56-/m0/s1. The number of hydrogen-bond acceptors (Lipinski definition) is 14. The van der Waals surface area contributed by atoms with E-state index in [-0.39, 0.29) is 62.4 Å². The highest BCUT2D eigenvalue weighted by Gasteiger charge is 2.43. The van der Waals surface area contributed by atoms with Gasteiger partial charge in [-0.2, -0.15) is 0 Å². The molecule has 0 aliphatic carbocycles. The minimum absolute atomic E-state index is 0.0448. The van der Waals surface area contributed by atoms with Gasteiger partial charge in [-0.15, -0.1) is 0 Å². The molecule has 1 fully saturated rings. The van der Waals surface area contributed by atoms with Crippen LogP contribution in [0.2, 0.25) is 0 Å². The Morgan fingerprint density at radius 2 is 0.989 bits per heavy atom. The van der Waals surface area contributed by atoms with Gasteiger partial charge in [-0.25, -0.2) is 0 Å². The van der Waals surface area contributed by atoms with Crippen molar-refractivity contribution in [2.75, 3.05) is 69.0 Å². The molecule has 11 amide bonds. The Hall–Kier alpha value is -7.02. The Labute approximate surface area is 547 Å². The lowest BCUT2D eigenvalue weighted by Crippen LogP contribution is -2.61. The first kappa shape index (κ1) is 81.1. The average molecular weight is 1300 g/mol. The number of nitrogens with one attached hydrogen (secondary N) is 5. The van der Waals surface area contributed by atoms with Crippen molar-refractivity contribution in [2.45, 2.75) is 209 Å². The fourth-order valence-electron chi connectivity index (χ4n) is 11.7. The summed E-state index contributed by atoms with van der Waals surface area (Å²) in [5.74, 6) is -10.3. The van der Waals surface area contributed by atoms with E-state index in [1.165, 1.54) is 108 Å². The van der Waals surface area contributed by atoms with E-state index in [4.69, 9.17) is 0 Å². The highest BCUT2D eigenvalue weighted by atomic mass is 16.3. The minimum Gasteiger partial charge on any atom is -0.391 e. The molecule has 2 rings (SSSR count). The van der Waals surface area contributed by atoms with Crippen molar-refractivity contribution < 1.29 is 62.6 Å². The van der Waals surface area contributed by atoms with Crippen LogP contribution in [-0.4, -0.2) is 246 Å². The minimum atomic E-state index is -1.53. The number of ketones is 1. The molecule has 0 bridgehead atoms. The zero-order valence-corrected chi connectivity index (χ0v) is 59.4. The predicted molar refractivity (Wildman–Crippen MR) is 352 cm³/mol. The van der Waals surface area contributed by atoms with Crippen LogP contribution in [0.3, 0.4) is 0 Å². The number of Topliss-reactive ketones (excluding diaryl/α,β-unsaturated/α-hetero) is 1. The fraction of sp³-hybridized carbons (Fsp3) is 0.731. The first-order chi connectivity index (χ1) is 42.6. The van der Waals surface area contributed by atoms with Gasteiger partial charge in [-0.3, -0.25) is 57.5 Å². The third kappa shape index (κ3) is 22.6. The van der Waals surface area contributed by atoms with E-state index in [0.717, 1.165) is 9.80 Å². The number of rotatable bonds is 12. The van der Waals surface area contributed by atoms with Crippen molar-refractivity contribution in [3.63, 3.8) is 0 Å². The zero-order valence-electron chi connectivity index (χ0n) is 59.4. The van der Waals surface area contributed by atoms with Gasteiger partial charge < -0.3 is 66.0 Å². The molecule has 0 unspecified atom stereocenters. The topological polar surface area (TPSA) is 308 Å². The molecule has 1 aromatic carbocycles. The van der Waals surface area contributed by atoms with Crippen molar-refractivity contribution in [3.05, 3.63) is 35.9 Å². The molecule has 6 N–H and O–H groups in total. The molecule has 0 radical (unpaired) electrons. The molecule has 0 saturated carbocycles. The van der Waals surface area contributed by atoms with Crippen LogP contribution in [0.1, 0.15) is 142 Å². The number of nitrogens with zero attached hydrogens (tertiary/aromatic N) is 7. The smallest absolute Gasteiger partial charge is 0.246 e. The second-order valence-corrected chi connectivity index (χ2v) is 27.3. The lowest BCUT2D eigenvalue weighted by atomic mass is 9.94. The highest BCUT2D eigenvalue weighted by Crippen LogP contribution is 2.23. The van der Waals surface area contributed by atoms with Crippen molar-refractivity contribution >= 4 is 70.8 Å². The third-order valence-electron chi connectivity index (χ3n) is 17.7. The predicted octanol–water partition coefficient (Wildman–Crippen LogP) is 2.31. The van der Waals surface area contributed by atoms with Crippen LogP contribution in [0.25, 0.3) is 0 Å². The Bertz CT molecular complexity index is 2690. The molecule has 0 spiro atoms. The summed E-state index contributed by atoms with van der Waals surface area (Å²) in [5.41, 5.74) is 0.641. The van der Waals surface area contributed by atoms with Crippen molar-refractivity contribution in [2.24, 2.45) is 41.4 Å². The average Bonchev–Trinajstić information content (AvgIpc) is 1.07. The van der Waals surface area contributed by atoms with Crippen molar-refractivity contribution in [3.8, 4) is 0 Å². The molecule has 0 aromatic heterocycles. The first-order valence-electron chi connectivity index (χ1n) is 32.7. The largest absolute Gasteiger partial charge is 0.391 e. The van der Waals surface area contributed by atoms with E-state index < -0.39 is 155 Å². The number of hydrogen-bond donors (Lipinski definition) is 6. The maximum Gasteiger partial charge on any atom is 0.246 e. The van der Waals surface area contributed by atoms with Gasteiger partial charge in [0.15, 0.2) is 5.78 Å². The number of likely N-dealkylation sites (N-methyl/N-ethyl adjacent to an activating group) is 7. The number of benzene rings is 1. The van der Waals surface area contributed by atoms with E-state index in [9.17, 15) is 62.6 Å². The monoisotopic (exact) mass is 1290 g/mol. The van der Waals surface area contributed by atoms with Crippen LogP contribution >= 0.6 is 0 Å². The van der Waals surface area contributed by atoms with Gasteiger partial charge in [-0.1, -0.05) is 113 Å². The second-order valence-electron chi connectivity index (χ2n) is 27.3. The van der Waals surface area contributed by atoms with E-state index in [2.05, 4.69) is 26.6 Å². The summed E-state index contributed by atoms with van der Waals surface area (Å²) in [4.78, 5) is 181. The summed E-state index contributed by atoms with van der Waals surface area (Å²) in [6, 6.07) is -3.17. The van der Waals surface area contributed by atoms with Crippen LogP contribution < -0.4 is 26.6 Å². The third-order valence-corrected chi connectivity index (χ3v) is 17.7. The Kier molecular flexibility index (Phi) is 32.6. The summed E-state index contributed by atoms with van der Waals surface area (Å²) in [7, 11) is 10.0. The maximum absolute atomic E-state index is 14.8. The van der Waals surface area contributed by atoms with Gasteiger partial charge in [0.2, 0.25) is 65.0 Å². The number of aliphatic hydroxyl groups excluding tert-OH is 1. The highest BCUT2D eigenvalue weighted by molar-refractivity contribution is 5.99. The van der Waals surface area contributed by atoms with Crippen LogP contribution in [0.4, 0.5) is 0 Å². The molecule has 1 saturated heterocycles. The van der Waals surface area contributed by atoms with E-state index in [0.29, 0.717) is 18.4 Å². The lowest BCUT2D eigenvalue weighted by molar-refractivity contribution is -0.151. The van der Waals surface area contributed by atoms with Crippen molar-refractivity contribution in [1.29, 1.82) is 0 Å². The van der Waals surface area contributed by atoms with Gasteiger partial charge in [0.05, 0.1) is 30.5 Å². The van der Waals surface area contributed by atoms with Gasteiger partial charge in [0, 0.05) is 68.8 Å². The molecule has 1 aromatic rings. The van der Waals surface area contributed by atoms with Crippen LogP contribution in [0, 0.1) is 41.4 Å². The Morgan fingerprint density at radius 3 is 1.51 bits per heavy atom. The molecule has 25 nitrogen and oxygen atoms in total. The summed E-state index contributed by atoms with van der Waals surface area (Å²) >= 11 is 0. The summed E-state index contributed by atoms with van der Waals surface area (Å²) in [5, 5.41) is 25.4. The number of carbonyl (C=O) groups excluding carboxylic acids is 12. The number of amides is 11. The molecule has 1 aliphatic rings. The summed E-state index contributed by atoms with van der Waals surface area (Å²) < 4.78 is 0. The molecule has 1 aliphatic heterocycles. The fourth-order valence-corrected chi connectivity index (χ4v) is 11.7. The number of aliphatic hydroxyl groups is 1. The normalized spacial score (nSPS) is 27.9. The molecule has 92 heavy (non-hydrogen) atoms. The SMILES string of the molecule is CC[C@H](C)[C@@H]1NC(=O)[C@H](CC(C)C)N(C)C(=O)[C@H](C(C)C)N(C)C(=O)[C@H](C)CN(C)C(=O)[C@H](C)NC(=O)[C@H](C)N(C)C(=O)[C@H](Cc2ccccc2)NC(=O)[C@H]([C@@H](C)O)N(C)C(=O)[C@H](CC(C)C)CNCC(=O)[C@H](CC(C)C)N(C)C(=O)[C@H](C)N(C)C(=O)[C@H](C)NC1=O. The molecular formula is C67H114N12O13. The van der Waals surface area contributed by atoms with Gasteiger partial charge in [-0.05, 0) is 89.0 Å². The van der Waals surface area contributed by atoms with Crippen LogP contribution in [0.5, 0.6) is 0 Å². The molecule has 1 heterocycles. The summed E-state index contributed by atoms with van der Waals surface area (Å²) in [6.45, 7) is 26.8. The summed E-state index contributed by atoms with van der Waals surface area (Å²) in [6.07, 6.45) is -0.381. The maximum atomic E-state index is 14.8. The first-order valence-corrected chi connectivity index (χ1v) is 32.7. The van der Waals surface area contributed by atoms with E-state index in [1.807, 2.05) is 48.5 Å². The number of carbonyl (C=O) groups is 12. The molecule has 520 valence electrons. The molecular weight excluding hydrogens is 1180 g/mol. The lowest BCUT2D eigenvalue weighted by Gasteiger charge is -2.38. The van der Waals surface area contributed by atoms with Crippen LogP contribution in [0.15, 0.2) is 30.3 Å². The zero-order chi connectivity index (χ0) is 70.7. The van der Waals surface area contributed by atoms with E-state index in [1.54, 1.807) is 58.0 Å².